The van der Waals surface area contributed by atoms with Crippen LogP contribution in [-0.2, 0) is 17.7 Å². The van der Waals surface area contributed by atoms with Crippen molar-refractivity contribution < 1.29 is 4.74 Å². The Kier molecular flexibility index (Phi) is 11.5. The number of guanidine groups is 1. The first-order chi connectivity index (χ1) is 12.2. The van der Waals surface area contributed by atoms with Crippen LogP contribution in [0, 0.1) is 0 Å². The molecule has 144 valence electrons. The Balaban J connectivity index is 0.00000338. The van der Waals surface area contributed by atoms with Gasteiger partial charge in [-0.3, -0.25) is 4.99 Å². The predicted octanol–water partition coefficient (Wildman–Crippen LogP) is 4.16. The molecule has 26 heavy (non-hydrogen) atoms. The van der Waals surface area contributed by atoms with Crippen LogP contribution in [0.2, 0.25) is 0 Å². The fourth-order valence-corrected chi connectivity index (χ4v) is 3.09. The summed E-state index contributed by atoms with van der Waals surface area (Å²) in [6.07, 6.45) is 2.03. The number of aryl methyl sites for hydroxylation is 1. The Hall–Kier alpha value is -1.19. The van der Waals surface area contributed by atoms with Crippen molar-refractivity contribution >= 4 is 41.3 Å². The van der Waals surface area contributed by atoms with Gasteiger partial charge in [0, 0.05) is 25.6 Å². The molecular weight excluding hydrogens is 459 g/mol. The number of ether oxygens (including phenoxy) is 1. The van der Waals surface area contributed by atoms with Crippen LogP contribution in [-0.4, -0.2) is 31.1 Å². The monoisotopic (exact) mass is 488 g/mol. The van der Waals surface area contributed by atoms with Crippen LogP contribution in [0.15, 0.2) is 40.7 Å². The molecular formula is C19H29IN4OS. The van der Waals surface area contributed by atoms with E-state index in [-0.39, 0.29) is 30.1 Å². The van der Waals surface area contributed by atoms with E-state index in [2.05, 4.69) is 52.0 Å². The molecule has 2 rings (SSSR count). The van der Waals surface area contributed by atoms with E-state index in [9.17, 15) is 0 Å². The number of hydrogen-bond donors (Lipinski definition) is 2. The van der Waals surface area contributed by atoms with Crippen molar-refractivity contribution in [3.63, 3.8) is 0 Å². The van der Waals surface area contributed by atoms with E-state index in [0.29, 0.717) is 13.2 Å². The minimum Gasteiger partial charge on any atom is -0.374 e. The summed E-state index contributed by atoms with van der Waals surface area (Å²) < 4.78 is 5.88. The zero-order chi connectivity index (χ0) is 17.9. The number of hydrogen-bond acceptors (Lipinski definition) is 4. The maximum absolute atomic E-state index is 5.88. The molecule has 1 unspecified atom stereocenters. The van der Waals surface area contributed by atoms with Crippen molar-refractivity contribution in [1.29, 1.82) is 0 Å². The number of rotatable bonds is 9. The highest BCUT2D eigenvalue weighted by Crippen LogP contribution is 2.15. The van der Waals surface area contributed by atoms with E-state index in [4.69, 9.17) is 4.74 Å². The molecule has 0 aliphatic heterocycles. The highest BCUT2D eigenvalue weighted by atomic mass is 127. The summed E-state index contributed by atoms with van der Waals surface area (Å²) in [7, 11) is 1.78. The first kappa shape index (κ1) is 22.9. The van der Waals surface area contributed by atoms with Crippen molar-refractivity contribution in [3.05, 3.63) is 52.0 Å². The molecule has 0 fully saturated rings. The number of benzene rings is 1. The summed E-state index contributed by atoms with van der Waals surface area (Å²) in [5, 5.41) is 9.87. The zero-order valence-corrected chi connectivity index (χ0v) is 18.8. The van der Waals surface area contributed by atoms with Gasteiger partial charge >= 0.3 is 0 Å². The van der Waals surface area contributed by atoms with Crippen LogP contribution in [0.4, 0.5) is 0 Å². The van der Waals surface area contributed by atoms with Gasteiger partial charge in [0.15, 0.2) is 5.96 Å². The standard InChI is InChI=1S/C19H28N4OS.HI/c1-4-18-23-17(14-25-18)13-22-19(20-3)21-11-8-12-24-15(2)16-9-6-5-7-10-16;/h5-7,9-10,14-15H,4,8,11-13H2,1-3H3,(H2,20,21,22);1H. The first-order valence-electron chi connectivity index (χ1n) is 8.77. The number of thiazole rings is 1. The third-order valence-electron chi connectivity index (χ3n) is 3.81. The Morgan fingerprint density at radius 2 is 2.04 bits per heavy atom. The Morgan fingerprint density at radius 3 is 2.69 bits per heavy atom. The molecule has 5 nitrogen and oxygen atoms in total. The van der Waals surface area contributed by atoms with E-state index in [1.807, 2.05) is 18.2 Å². The molecule has 0 radical (unpaired) electrons. The molecule has 0 bridgehead atoms. The SMILES string of the molecule is CCc1nc(CNC(=NC)NCCCOC(C)c2ccccc2)cs1.I. The third-order valence-corrected chi connectivity index (χ3v) is 4.85. The summed E-state index contributed by atoms with van der Waals surface area (Å²) in [6, 6.07) is 10.3. The zero-order valence-electron chi connectivity index (χ0n) is 15.7. The van der Waals surface area contributed by atoms with Crippen molar-refractivity contribution in [2.75, 3.05) is 20.2 Å². The van der Waals surface area contributed by atoms with Gasteiger partial charge in [0.25, 0.3) is 0 Å². The van der Waals surface area contributed by atoms with E-state index in [1.165, 1.54) is 10.6 Å². The lowest BCUT2D eigenvalue weighted by atomic mass is 10.1. The van der Waals surface area contributed by atoms with E-state index >= 15 is 0 Å². The van der Waals surface area contributed by atoms with Gasteiger partial charge in [0.2, 0.25) is 0 Å². The predicted molar refractivity (Wildman–Crippen MR) is 121 cm³/mol. The number of nitrogens with one attached hydrogen (secondary N) is 2. The average molecular weight is 488 g/mol. The molecule has 2 aromatic rings. The molecule has 0 aliphatic rings. The van der Waals surface area contributed by atoms with E-state index in [0.717, 1.165) is 31.0 Å². The van der Waals surface area contributed by atoms with Crippen LogP contribution in [0.3, 0.4) is 0 Å². The molecule has 0 saturated heterocycles. The Labute approximate surface area is 177 Å². The molecule has 0 spiro atoms. The molecule has 7 heteroatoms. The van der Waals surface area contributed by atoms with Gasteiger partial charge in [-0.05, 0) is 25.3 Å². The molecule has 0 saturated carbocycles. The fraction of sp³-hybridized carbons (Fsp3) is 0.474. The summed E-state index contributed by atoms with van der Waals surface area (Å²) in [5.74, 6) is 0.794. The Morgan fingerprint density at radius 1 is 1.27 bits per heavy atom. The van der Waals surface area contributed by atoms with Crippen molar-refractivity contribution in [2.45, 2.75) is 39.3 Å². The first-order valence-corrected chi connectivity index (χ1v) is 9.65. The normalized spacial score (nSPS) is 12.3. The summed E-state index contributed by atoms with van der Waals surface area (Å²) in [4.78, 5) is 8.79. The summed E-state index contributed by atoms with van der Waals surface area (Å²) in [5.41, 5.74) is 2.27. The van der Waals surface area contributed by atoms with Crippen LogP contribution in [0.1, 0.15) is 42.6 Å². The molecule has 1 aromatic heterocycles. The van der Waals surface area contributed by atoms with Crippen molar-refractivity contribution in [3.8, 4) is 0 Å². The molecule has 0 aliphatic carbocycles. The number of aromatic nitrogens is 1. The topological polar surface area (TPSA) is 58.5 Å². The number of nitrogens with zero attached hydrogens (tertiary/aromatic N) is 2. The Bertz CT molecular complexity index is 648. The molecule has 1 aromatic carbocycles. The lowest BCUT2D eigenvalue weighted by molar-refractivity contribution is 0.0646. The van der Waals surface area contributed by atoms with Gasteiger partial charge in [-0.2, -0.15) is 0 Å². The second kappa shape index (κ2) is 13.1. The van der Waals surface area contributed by atoms with Gasteiger partial charge in [0.1, 0.15) is 0 Å². The van der Waals surface area contributed by atoms with Crippen LogP contribution < -0.4 is 10.6 Å². The molecule has 0 amide bonds. The second-order valence-corrected chi connectivity index (χ2v) is 6.66. The van der Waals surface area contributed by atoms with Gasteiger partial charge < -0.3 is 15.4 Å². The van der Waals surface area contributed by atoms with Gasteiger partial charge in [-0.15, -0.1) is 35.3 Å². The van der Waals surface area contributed by atoms with Gasteiger partial charge in [-0.1, -0.05) is 37.3 Å². The maximum atomic E-state index is 5.88. The quantitative estimate of drug-likeness (QED) is 0.241. The summed E-state index contributed by atoms with van der Waals surface area (Å²) in [6.45, 7) is 6.43. The smallest absolute Gasteiger partial charge is 0.191 e. The van der Waals surface area contributed by atoms with Crippen molar-refractivity contribution in [2.24, 2.45) is 4.99 Å². The second-order valence-electron chi connectivity index (χ2n) is 5.72. The fourth-order valence-electron chi connectivity index (χ4n) is 2.35. The lowest BCUT2D eigenvalue weighted by Gasteiger charge is -2.14. The highest BCUT2D eigenvalue weighted by molar-refractivity contribution is 14.0. The molecule has 1 atom stereocenters. The van der Waals surface area contributed by atoms with E-state index in [1.54, 1.807) is 18.4 Å². The van der Waals surface area contributed by atoms with Crippen LogP contribution >= 0.6 is 35.3 Å². The average Bonchev–Trinajstić information content (AvgIpc) is 3.12. The van der Waals surface area contributed by atoms with Gasteiger partial charge in [-0.25, -0.2) is 4.98 Å². The summed E-state index contributed by atoms with van der Waals surface area (Å²) >= 11 is 1.71. The highest BCUT2D eigenvalue weighted by Gasteiger charge is 2.05. The van der Waals surface area contributed by atoms with Gasteiger partial charge in [0.05, 0.1) is 23.4 Å². The third kappa shape index (κ3) is 8.01. The maximum Gasteiger partial charge on any atom is 0.191 e. The lowest BCUT2D eigenvalue weighted by Crippen LogP contribution is -2.37. The largest absolute Gasteiger partial charge is 0.374 e. The van der Waals surface area contributed by atoms with Crippen molar-refractivity contribution in [1.82, 2.24) is 15.6 Å². The number of aliphatic imine (C=N–C) groups is 1. The minimum absolute atomic E-state index is 0. The van der Waals surface area contributed by atoms with Crippen LogP contribution in [0.25, 0.3) is 0 Å². The number of halogens is 1. The van der Waals surface area contributed by atoms with E-state index < -0.39 is 0 Å². The minimum atomic E-state index is 0. The molecule has 2 N–H and O–H groups in total. The molecule has 1 heterocycles. The van der Waals surface area contributed by atoms with Crippen LogP contribution in [0.5, 0.6) is 0 Å².